The molecule has 0 amide bonds. The van der Waals surface area contributed by atoms with Gasteiger partial charge in [-0.15, -0.1) is 11.8 Å². The molecule has 2 nitrogen and oxygen atoms in total. The predicted octanol–water partition coefficient (Wildman–Crippen LogP) is 3.07. The topological polar surface area (TPSA) is 21.3 Å². The molecule has 0 saturated carbocycles. The Morgan fingerprint density at radius 2 is 2.17 bits per heavy atom. The maximum Gasteiger partial charge on any atom is 0.136 e. The van der Waals surface area contributed by atoms with Gasteiger partial charge < -0.3 is 10.1 Å². The Hall–Kier alpha value is -0.650. The zero-order valence-corrected chi connectivity index (χ0v) is 11.5. The predicted molar refractivity (Wildman–Crippen MR) is 71.0 cm³/mol. The average molecular weight is 275 g/mol. The first-order valence-electron chi connectivity index (χ1n) is 5.97. The molecule has 0 aromatic heterocycles. The zero-order chi connectivity index (χ0) is 13.4. The summed E-state index contributed by atoms with van der Waals surface area (Å²) in [6.45, 7) is 3.53. The molecule has 1 unspecified atom stereocenters. The molecular weight excluding hydrogens is 256 g/mol. The van der Waals surface area contributed by atoms with Crippen LogP contribution in [0.5, 0.6) is 0 Å². The second-order valence-corrected chi connectivity index (χ2v) is 5.05. The minimum absolute atomic E-state index is 0.141. The summed E-state index contributed by atoms with van der Waals surface area (Å²) in [6, 6.07) is 3.65. The number of methoxy groups -OCH3 is 1. The fourth-order valence-electron chi connectivity index (χ4n) is 1.49. The van der Waals surface area contributed by atoms with E-state index in [2.05, 4.69) is 12.2 Å². The van der Waals surface area contributed by atoms with E-state index < -0.39 is 5.82 Å². The van der Waals surface area contributed by atoms with Crippen LogP contribution >= 0.6 is 11.8 Å². The lowest BCUT2D eigenvalue weighted by atomic mass is 10.3. The summed E-state index contributed by atoms with van der Waals surface area (Å²) in [7, 11) is 1.63. The molecule has 0 fully saturated rings. The van der Waals surface area contributed by atoms with E-state index in [4.69, 9.17) is 4.74 Å². The largest absolute Gasteiger partial charge is 0.383 e. The summed E-state index contributed by atoms with van der Waals surface area (Å²) < 4.78 is 31.5. The van der Waals surface area contributed by atoms with E-state index in [-0.39, 0.29) is 11.9 Å². The number of rotatable bonds is 8. The van der Waals surface area contributed by atoms with Crippen molar-refractivity contribution in [2.45, 2.75) is 24.3 Å². The SMILES string of the molecule is CCCNC(COC)CSc1cc(F)ccc1F. The third-order valence-corrected chi connectivity index (χ3v) is 3.58. The molecule has 0 saturated heterocycles. The smallest absolute Gasteiger partial charge is 0.136 e. The number of benzene rings is 1. The van der Waals surface area contributed by atoms with Gasteiger partial charge in [-0.3, -0.25) is 0 Å². The Morgan fingerprint density at radius 1 is 1.39 bits per heavy atom. The molecule has 0 aliphatic carbocycles. The Balaban J connectivity index is 2.52. The maximum atomic E-state index is 13.4. The van der Waals surface area contributed by atoms with E-state index in [1.165, 1.54) is 17.8 Å². The van der Waals surface area contributed by atoms with Crippen LogP contribution < -0.4 is 5.32 Å². The van der Waals surface area contributed by atoms with Crippen molar-refractivity contribution in [1.29, 1.82) is 0 Å². The van der Waals surface area contributed by atoms with E-state index >= 15 is 0 Å². The standard InChI is InChI=1S/C13H19F2NOS/c1-3-6-16-11(8-17-2)9-18-13-7-10(14)4-5-12(13)15/h4-5,7,11,16H,3,6,8-9H2,1-2H3. The van der Waals surface area contributed by atoms with Crippen LogP contribution in [0.3, 0.4) is 0 Å². The Labute approximate surface area is 111 Å². The van der Waals surface area contributed by atoms with Crippen molar-refractivity contribution >= 4 is 11.8 Å². The molecule has 18 heavy (non-hydrogen) atoms. The van der Waals surface area contributed by atoms with Gasteiger partial charge in [0.15, 0.2) is 0 Å². The van der Waals surface area contributed by atoms with Gasteiger partial charge in [0.25, 0.3) is 0 Å². The van der Waals surface area contributed by atoms with Gasteiger partial charge in [0.05, 0.1) is 6.61 Å². The first-order valence-corrected chi connectivity index (χ1v) is 6.96. The molecule has 5 heteroatoms. The van der Waals surface area contributed by atoms with Gasteiger partial charge in [-0.05, 0) is 31.2 Å². The summed E-state index contributed by atoms with van der Waals surface area (Å²) >= 11 is 1.30. The number of thioether (sulfide) groups is 1. The molecule has 0 aliphatic heterocycles. The van der Waals surface area contributed by atoms with Crippen LogP contribution in [0.25, 0.3) is 0 Å². The van der Waals surface area contributed by atoms with Crippen molar-refractivity contribution in [3.63, 3.8) is 0 Å². The summed E-state index contributed by atoms with van der Waals surface area (Å²) in [5, 5.41) is 3.31. The molecule has 102 valence electrons. The van der Waals surface area contributed by atoms with E-state index in [0.717, 1.165) is 25.1 Å². The van der Waals surface area contributed by atoms with Gasteiger partial charge in [-0.25, -0.2) is 8.78 Å². The minimum atomic E-state index is -0.413. The lowest BCUT2D eigenvalue weighted by Crippen LogP contribution is -2.35. The van der Waals surface area contributed by atoms with Gasteiger partial charge in [0.2, 0.25) is 0 Å². The van der Waals surface area contributed by atoms with Gasteiger partial charge in [0.1, 0.15) is 11.6 Å². The van der Waals surface area contributed by atoms with Crippen LogP contribution in [-0.4, -0.2) is 32.1 Å². The molecule has 1 N–H and O–H groups in total. The van der Waals surface area contributed by atoms with Gasteiger partial charge in [0, 0.05) is 23.8 Å². The molecule has 0 spiro atoms. The van der Waals surface area contributed by atoms with Gasteiger partial charge in [-0.1, -0.05) is 6.92 Å². The summed E-state index contributed by atoms with van der Waals surface area (Å²) in [5.74, 6) is -0.148. The van der Waals surface area contributed by atoms with Gasteiger partial charge in [-0.2, -0.15) is 0 Å². The van der Waals surface area contributed by atoms with Crippen LogP contribution in [0.15, 0.2) is 23.1 Å². The number of hydrogen-bond donors (Lipinski definition) is 1. The van der Waals surface area contributed by atoms with Crippen LogP contribution in [0.2, 0.25) is 0 Å². The molecule has 0 radical (unpaired) electrons. The van der Waals surface area contributed by atoms with Crippen molar-refractivity contribution in [2.24, 2.45) is 0 Å². The maximum absolute atomic E-state index is 13.4. The highest BCUT2D eigenvalue weighted by atomic mass is 32.2. The fraction of sp³-hybridized carbons (Fsp3) is 0.538. The average Bonchev–Trinajstić information content (AvgIpc) is 2.36. The van der Waals surface area contributed by atoms with E-state index in [1.54, 1.807) is 7.11 Å². The molecule has 0 bridgehead atoms. The Kier molecular flexibility index (Phi) is 7.23. The van der Waals surface area contributed by atoms with Crippen LogP contribution in [-0.2, 0) is 4.74 Å². The monoisotopic (exact) mass is 275 g/mol. The summed E-state index contributed by atoms with van der Waals surface area (Å²) in [6.07, 6.45) is 1.03. The first-order chi connectivity index (χ1) is 8.67. The fourth-order valence-corrected chi connectivity index (χ4v) is 2.49. The molecule has 1 aromatic rings. The number of ether oxygens (including phenoxy) is 1. The molecule has 1 aromatic carbocycles. The van der Waals surface area contributed by atoms with Crippen LogP contribution in [0.1, 0.15) is 13.3 Å². The summed E-state index contributed by atoms with van der Waals surface area (Å²) in [4.78, 5) is 0.342. The van der Waals surface area contributed by atoms with Gasteiger partial charge >= 0.3 is 0 Å². The second kappa shape index (κ2) is 8.45. The lowest BCUT2D eigenvalue weighted by Gasteiger charge is -2.17. The second-order valence-electron chi connectivity index (χ2n) is 3.99. The minimum Gasteiger partial charge on any atom is -0.383 e. The molecule has 1 rings (SSSR count). The highest BCUT2D eigenvalue weighted by molar-refractivity contribution is 7.99. The van der Waals surface area contributed by atoms with Crippen molar-refractivity contribution in [3.8, 4) is 0 Å². The van der Waals surface area contributed by atoms with Crippen LogP contribution in [0.4, 0.5) is 8.78 Å². The number of halogens is 2. The molecule has 1 atom stereocenters. The van der Waals surface area contributed by atoms with E-state index in [9.17, 15) is 8.78 Å². The Morgan fingerprint density at radius 3 is 2.83 bits per heavy atom. The van der Waals surface area contributed by atoms with Crippen LogP contribution in [0, 0.1) is 11.6 Å². The van der Waals surface area contributed by atoms with Crippen molar-refractivity contribution < 1.29 is 13.5 Å². The highest BCUT2D eigenvalue weighted by Gasteiger charge is 2.10. The van der Waals surface area contributed by atoms with Crippen molar-refractivity contribution in [2.75, 3.05) is 26.0 Å². The first kappa shape index (κ1) is 15.4. The summed E-state index contributed by atoms with van der Waals surface area (Å²) in [5.41, 5.74) is 0. The van der Waals surface area contributed by atoms with Crippen molar-refractivity contribution in [3.05, 3.63) is 29.8 Å². The normalized spacial score (nSPS) is 12.7. The lowest BCUT2D eigenvalue weighted by molar-refractivity contribution is 0.174. The molecular formula is C13H19F2NOS. The highest BCUT2D eigenvalue weighted by Crippen LogP contribution is 2.23. The number of hydrogen-bond acceptors (Lipinski definition) is 3. The zero-order valence-electron chi connectivity index (χ0n) is 10.7. The third-order valence-electron chi connectivity index (χ3n) is 2.38. The Bertz CT molecular complexity index is 363. The van der Waals surface area contributed by atoms with Crippen molar-refractivity contribution in [1.82, 2.24) is 5.32 Å². The van der Waals surface area contributed by atoms with E-state index in [0.29, 0.717) is 17.3 Å². The van der Waals surface area contributed by atoms with E-state index in [1.807, 2.05) is 0 Å². The number of nitrogens with one attached hydrogen (secondary N) is 1. The third kappa shape index (κ3) is 5.33. The molecule has 0 aliphatic rings. The quantitative estimate of drug-likeness (QED) is 0.737. The molecule has 0 heterocycles.